The molecule has 0 atom stereocenters. The second kappa shape index (κ2) is 10.5. The number of alkyl halides is 3. The standard InChI is InChI=1S/C3H2F4O2.2CHFO2/c4-2(8)9-1-3(5,6)7;2*2-1(3)4/h1H2;2*(H,3,4). The lowest BCUT2D eigenvalue weighted by molar-refractivity contribution is -0.162. The van der Waals surface area contributed by atoms with Gasteiger partial charge in [0.15, 0.2) is 6.61 Å². The first kappa shape index (κ1) is 20.4. The van der Waals surface area contributed by atoms with E-state index in [-0.39, 0.29) is 0 Å². The number of carbonyl (C=O) groups is 3. The van der Waals surface area contributed by atoms with Crippen LogP contribution in [0.2, 0.25) is 0 Å². The molecule has 0 amide bonds. The molecule has 0 bridgehead atoms. The molecular weight excluding hydrogens is 270 g/mol. The molecule has 102 valence electrons. The smallest absolute Gasteiger partial charge is 0.456 e. The van der Waals surface area contributed by atoms with Crippen LogP contribution >= 0.6 is 0 Å². The highest BCUT2D eigenvalue weighted by atomic mass is 19.4. The van der Waals surface area contributed by atoms with Crippen LogP contribution in [0.4, 0.5) is 40.7 Å². The van der Waals surface area contributed by atoms with E-state index in [4.69, 9.17) is 24.6 Å². The number of rotatable bonds is 1. The van der Waals surface area contributed by atoms with Gasteiger partial charge in [0.2, 0.25) is 0 Å². The van der Waals surface area contributed by atoms with Gasteiger partial charge in [-0.25, -0.2) is 14.4 Å². The molecule has 2 N–H and O–H groups in total. The van der Waals surface area contributed by atoms with E-state index in [0.29, 0.717) is 0 Å². The average molecular weight is 274 g/mol. The molecule has 0 aliphatic heterocycles. The van der Waals surface area contributed by atoms with E-state index in [9.17, 15) is 26.3 Å². The van der Waals surface area contributed by atoms with Crippen molar-refractivity contribution >= 4 is 18.7 Å². The van der Waals surface area contributed by atoms with E-state index in [1.807, 2.05) is 0 Å². The van der Waals surface area contributed by atoms with Gasteiger partial charge < -0.3 is 14.9 Å². The van der Waals surface area contributed by atoms with E-state index < -0.39 is 31.5 Å². The molecule has 0 aliphatic rings. The zero-order valence-corrected chi connectivity index (χ0v) is 7.50. The number of ether oxygens (including phenoxy) is 1. The van der Waals surface area contributed by atoms with Crippen molar-refractivity contribution in [3.05, 3.63) is 0 Å². The Hall–Kier alpha value is -2.01. The summed E-state index contributed by atoms with van der Waals surface area (Å²) in [5, 5.41) is 13.5. The van der Waals surface area contributed by atoms with Crippen LogP contribution in [-0.2, 0) is 4.74 Å². The molecular formula is C5H4F6O6. The minimum atomic E-state index is -4.65. The first-order valence-corrected chi connectivity index (χ1v) is 3.04. The van der Waals surface area contributed by atoms with Crippen LogP contribution in [0, 0.1) is 0 Å². The predicted octanol–water partition coefficient (Wildman–Crippen LogP) is 2.92. The Kier molecular flexibility index (Phi) is 12.6. The van der Waals surface area contributed by atoms with Gasteiger partial charge in [-0.1, -0.05) is 0 Å². The van der Waals surface area contributed by atoms with E-state index >= 15 is 0 Å². The molecule has 12 heteroatoms. The minimum absolute atomic E-state index is 1.87. The quantitative estimate of drug-likeness (QED) is 0.563. The first-order chi connectivity index (χ1) is 7.38. The maximum atomic E-state index is 11.0. The van der Waals surface area contributed by atoms with Gasteiger partial charge >= 0.3 is 24.8 Å². The van der Waals surface area contributed by atoms with Crippen LogP contribution in [0.3, 0.4) is 0 Å². The fraction of sp³-hybridized carbons (Fsp3) is 0.400. The number of hydrogen-bond acceptors (Lipinski definition) is 4. The summed E-state index contributed by atoms with van der Waals surface area (Å²) in [5.41, 5.74) is 0. The largest absolute Gasteiger partial charge is 0.495 e. The van der Waals surface area contributed by atoms with Crippen LogP contribution in [-0.4, -0.2) is 41.7 Å². The van der Waals surface area contributed by atoms with Crippen molar-refractivity contribution in [1.82, 2.24) is 0 Å². The van der Waals surface area contributed by atoms with Gasteiger partial charge in [-0.15, -0.1) is 13.2 Å². The molecule has 0 fully saturated rings. The fourth-order valence-electron chi connectivity index (χ4n) is 0.139. The second-order valence-corrected chi connectivity index (χ2v) is 1.65. The van der Waals surface area contributed by atoms with E-state index in [1.54, 1.807) is 0 Å². The number of carboxylic acid groups (broad SMARTS) is 2. The number of halogens is 6. The zero-order valence-electron chi connectivity index (χ0n) is 7.50. The van der Waals surface area contributed by atoms with Crippen molar-refractivity contribution in [2.75, 3.05) is 6.61 Å². The van der Waals surface area contributed by atoms with Gasteiger partial charge in [0.25, 0.3) is 0 Å². The van der Waals surface area contributed by atoms with Crippen LogP contribution in [0.5, 0.6) is 0 Å². The van der Waals surface area contributed by atoms with Gasteiger partial charge in [0, 0.05) is 0 Å². The average Bonchev–Trinajstić information content (AvgIpc) is 1.97. The molecule has 0 aromatic carbocycles. The molecule has 0 radical (unpaired) electrons. The Balaban J connectivity index is -0.000000205. The Morgan fingerprint density at radius 3 is 1.24 bits per heavy atom. The molecule has 0 aromatic heterocycles. The minimum Gasteiger partial charge on any atom is -0.456 e. The van der Waals surface area contributed by atoms with Crippen LogP contribution in [0.15, 0.2) is 0 Å². The SMILES string of the molecule is O=C(F)OCC(F)(F)F.O=C(O)F.O=C(O)F. The van der Waals surface area contributed by atoms with Gasteiger partial charge in [-0.2, -0.15) is 13.2 Å². The fourth-order valence-corrected chi connectivity index (χ4v) is 0.139. The summed E-state index contributed by atoms with van der Waals surface area (Å²) in [5.74, 6) is 0. The highest BCUT2D eigenvalue weighted by molar-refractivity contribution is 5.57. The normalized spacial score (nSPS) is 8.82. The molecule has 0 heterocycles. The summed E-state index contributed by atoms with van der Waals surface area (Å²) in [7, 11) is 0. The summed E-state index contributed by atoms with van der Waals surface area (Å²) in [4.78, 5) is 25.8. The predicted molar refractivity (Wildman–Crippen MR) is 36.8 cm³/mol. The van der Waals surface area contributed by atoms with E-state index in [1.165, 1.54) is 0 Å². The maximum Gasteiger partial charge on any atom is 0.495 e. The highest BCUT2D eigenvalue weighted by Crippen LogP contribution is 2.14. The molecule has 17 heavy (non-hydrogen) atoms. The van der Waals surface area contributed by atoms with Crippen molar-refractivity contribution in [3.63, 3.8) is 0 Å². The molecule has 0 saturated heterocycles. The maximum absolute atomic E-state index is 11.0. The van der Waals surface area contributed by atoms with Crippen molar-refractivity contribution in [2.45, 2.75) is 6.18 Å². The third-order valence-electron chi connectivity index (χ3n) is 0.349. The van der Waals surface area contributed by atoms with E-state index in [0.717, 1.165) is 0 Å². The summed E-state index contributed by atoms with van der Waals surface area (Å²) in [6.07, 6.45) is -11.7. The van der Waals surface area contributed by atoms with Gasteiger partial charge in [-0.05, 0) is 0 Å². The molecule has 0 saturated carbocycles. The van der Waals surface area contributed by atoms with Crippen molar-refractivity contribution in [1.29, 1.82) is 0 Å². The van der Waals surface area contributed by atoms with Crippen LogP contribution < -0.4 is 0 Å². The highest BCUT2D eigenvalue weighted by Gasteiger charge is 2.29. The van der Waals surface area contributed by atoms with E-state index in [2.05, 4.69) is 4.74 Å². The Labute approximate surface area is 88.4 Å². The van der Waals surface area contributed by atoms with Crippen LogP contribution in [0.25, 0.3) is 0 Å². The molecule has 0 spiro atoms. The van der Waals surface area contributed by atoms with Crippen molar-refractivity contribution < 1.29 is 55.7 Å². The first-order valence-electron chi connectivity index (χ1n) is 3.04. The van der Waals surface area contributed by atoms with Gasteiger partial charge in [0.1, 0.15) is 0 Å². The summed E-state index contributed by atoms with van der Waals surface area (Å²) in [6, 6.07) is 0. The Morgan fingerprint density at radius 1 is 0.941 bits per heavy atom. The lowest BCUT2D eigenvalue weighted by Gasteiger charge is -2.02. The lowest BCUT2D eigenvalue weighted by Crippen LogP contribution is -2.17. The Morgan fingerprint density at radius 2 is 1.18 bits per heavy atom. The molecule has 0 aromatic rings. The molecule has 6 nitrogen and oxygen atoms in total. The lowest BCUT2D eigenvalue weighted by atomic mass is 10.7. The van der Waals surface area contributed by atoms with Crippen LogP contribution in [0.1, 0.15) is 0 Å². The van der Waals surface area contributed by atoms with Gasteiger partial charge in [-0.3, -0.25) is 0 Å². The monoisotopic (exact) mass is 274 g/mol. The third-order valence-corrected chi connectivity index (χ3v) is 0.349. The van der Waals surface area contributed by atoms with Crippen molar-refractivity contribution in [3.8, 4) is 0 Å². The zero-order chi connectivity index (χ0) is 14.6. The number of carbonyl (C=O) groups excluding carboxylic acids is 1. The topological polar surface area (TPSA) is 101 Å². The summed E-state index contributed by atoms with van der Waals surface area (Å²) in [6.45, 7) is -1.87. The second-order valence-electron chi connectivity index (χ2n) is 1.65. The molecule has 0 rings (SSSR count). The number of hydrogen-bond donors (Lipinski definition) is 2. The molecule has 0 unspecified atom stereocenters. The molecule has 0 aliphatic carbocycles. The third kappa shape index (κ3) is 126. The summed E-state index contributed by atoms with van der Waals surface area (Å²) < 4.78 is 66.6. The van der Waals surface area contributed by atoms with Gasteiger partial charge in [0.05, 0.1) is 0 Å². The Bertz CT molecular complexity index is 230. The summed E-state index contributed by atoms with van der Waals surface area (Å²) >= 11 is 0. The van der Waals surface area contributed by atoms with Crippen molar-refractivity contribution in [2.24, 2.45) is 0 Å².